The van der Waals surface area contributed by atoms with Crippen molar-refractivity contribution < 1.29 is 4.42 Å². The quantitative estimate of drug-likeness (QED) is 0.180. The molecule has 3 aromatic heterocycles. The molecule has 8 aromatic carbocycles. The van der Waals surface area contributed by atoms with Gasteiger partial charge in [-0.2, -0.15) is 0 Å². The van der Waals surface area contributed by atoms with Crippen LogP contribution in [-0.4, -0.2) is 11.8 Å². The molecule has 0 saturated carbocycles. The number of anilines is 2. The smallest absolute Gasteiger partial charge is 0.198 e. The molecule has 1 aliphatic heterocycles. The number of hydrogen-bond donors (Lipinski definition) is 1. The third-order valence-corrected chi connectivity index (χ3v) is 15.9. The summed E-state index contributed by atoms with van der Waals surface area (Å²) < 4.78 is 11.8. The van der Waals surface area contributed by atoms with Crippen LogP contribution in [0.3, 0.4) is 0 Å². The van der Waals surface area contributed by atoms with E-state index < -0.39 is 0 Å². The molecule has 2 aliphatic rings. The Morgan fingerprint density at radius 3 is 2.06 bits per heavy atom. The molecule has 5 heteroatoms. The van der Waals surface area contributed by atoms with E-state index in [2.05, 4.69) is 205 Å². The second-order valence-corrected chi connectivity index (χ2v) is 22.2. The lowest BCUT2D eigenvalue weighted by atomic mass is 9.59. The van der Waals surface area contributed by atoms with E-state index in [1.807, 2.05) is 11.3 Å². The highest BCUT2D eigenvalue weighted by Gasteiger charge is 2.38. The Balaban J connectivity index is 1.10. The second-order valence-electron chi connectivity index (χ2n) is 21.1. The van der Waals surface area contributed by atoms with Crippen LogP contribution >= 0.6 is 11.3 Å². The molecule has 1 N–H and O–H groups in total. The second kappa shape index (κ2) is 12.8. The van der Waals surface area contributed by atoms with Gasteiger partial charge in [-0.25, -0.2) is 0 Å². The van der Waals surface area contributed by atoms with Crippen molar-refractivity contribution in [3.05, 3.63) is 162 Å². The number of para-hydroxylation sites is 1. The third-order valence-electron chi connectivity index (χ3n) is 14.7. The first kappa shape index (κ1) is 38.0. The van der Waals surface area contributed by atoms with Gasteiger partial charge in [0.1, 0.15) is 11.2 Å². The summed E-state index contributed by atoms with van der Waals surface area (Å²) in [4.78, 5) is 0. The van der Waals surface area contributed by atoms with Crippen LogP contribution < -0.4 is 16.2 Å². The largest absolute Gasteiger partial charge is 0.456 e. The minimum atomic E-state index is -0.170. The van der Waals surface area contributed by atoms with Gasteiger partial charge in [0.2, 0.25) is 0 Å². The number of aromatic nitrogens is 1. The van der Waals surface area contributed by atoms with Gasteiger partial charge in [0.25, 0.3) is 0 Å². The highest BCUT2D eigenvalue weighted by molar-refractivity contribution is 7.25. The summed E-state index contributed by atoms with van der Waals surface area (Å²) in [6.45, 7) is 18.6. The summed E-state index contributed by atoms with van der Waals surface area (Å²) in [5.74, 6) is 0. The van der Waals surface area contributed by atoms with E-state index in [0.29, 0.717) is 0 Å². The maximum atomic E-state index is 6.55. The van der Waals surface area contributed by atoms with E-state index in [0.717, 1.165) is 40.6 Å². The lowest BCUT2D eigenvalue weighted by molar-refractivity contribution is 0.584. The van der Waals surface area contributed by atoms with Gasteiger partial charge in [-0.3, -0.25) is 0 Å². The van der Waals surface area contributed by atoms with Crippen molar-refractivity contribution in [3.63, 3.8) is 0 Å². The molecule has 0 unspecified atom stereocenters. The van der Waals surface area contributed by atoms with Gasteiger partial charge < -0.3 is 14.3 Å². The first-order valence-electron chi connectivity index (χ1n) is 22.8. The Labute approximate surface area is 378 Å². The molecular formula is C59H49BN2OS. The lowest BCUT2D eigenvalue weighted by Crippen LogP contribution is -2.37. The number of furan rings is 1. The number of benzene rings is 8. The van der Waals surface area contributed by atoms with Crippen molar-refractivity contribution in [3.8, 4) is 27.9 Å². The maximum absolute atomic E-state index is 6.55. The summed E-state index contributed by atoms with van der Waals surface area (Å²) in [5.41, 5.74) is 21.1. The fourth-order valence-corrected chi connectivity index (χ4v) is 12.3. The van der Waals surface area contributed by atoms with Crippen molar-refractivity contribution in [2.24, 2.45) is 0 Å². The van der Waals surface area contributed by atoms with Crippen molar-refractivity contribution in [1.82, 2.24) is 4.57 Å². The van der Waals surface area contributed by atoms with Gasteiger partial charge in [-0.1, -0.05) is 146 Å². The highest BCUT2D eigenvalue weighted by atomic mass is 32.1. The molecule has 310 valence electrons. The van der Waals surface area contributed by atoms with Crippen LogP contribution in [-0.2, 0) is 16.2 Å². The van der Waals surface area contributed by atoms with E-state index in [-0.39, 0.29) is 16.2 Å². The summed E-state index contributed by atoms with van der Waals surface area (Å²) in [6.07, 6.45) is 0. The van der Waals surface area contributed by atoms with Gasteiger partial charge in [-0.15, -0.1) is 11.3 Å². The van der Waals surface area contributed by atoms with Crippen LogP contribution in [0.1, 0.15) is 77.6 Å². The van der Waals surface area contributed by atoms with Gasteiger partial charge in [-0.05, 0) is 115 Å². The normalized spacial score (nSPS) is 14.2. The molecule has 0 amide bonds. The zero-order valence-corrected chi connectivity index (χ0v) is 38.6. The van der Waals surface area contributed by atoms with Crippen molar-refractivity contribution in [2.75, 3.05) is 5.32 Å². The average molecular weight is 845 g/mol. The van der Waals surface area contributed by atoms with Gasteiger partial charge in [0.15, 0.2) is 7.28 Å². The number of fused-ring (bicyclic) bond motifs is 14. The van der Waals surface area contributed by atoms with Crippen molar-refractivity contribution in [1.29, 1.82) is 0 Å². The Bertz CT molecular complexity index is 3830. The number of hydrogen-bond acceptors (Lipinski definition) is 3. The average Bonchev–Trinajstić information content (AvgIpc) is 3.98. The summed E-state index contributed by atoms with van der Waals surface area (Å²) >= 11 is 1.89. The molecule has 1 aliphatic carbocycles. The zero-order valence-electron chi connectivity index (χ0n) is 37.7. The Morgan fingerprint density at radius 2 is 1.27 bits per heavy atom. The molecule has 0 saturated heterocycles. The monoisotopic (exact) mass is 844 g/mol. The molecule has 11 aromatic rings. The van der Waals surface area contributed by atoms with E-state index in [9.17, 15) is 0 Å². The fourth-order valence-electron chi connectivity index (χ4n) is 11.2. The van der Waals surface area contributed by atoms with Gasteiger partial charge in [0.05, 0.1) is 5.52 Å². The van der Waals surface area contributed by atoms with Crippen molar-refractivity contribution >= 4 is 105 Å². The molecule has 3 nitrogen and oxygen atoms in total. The van der Waals surface area contributed by atoms with Gasteiger partial charge >= 0.3 is 0 Å². The van der Waals surface area contributed by atoms with Crippen LogP contribution in [0.5, 0.6) is 0 Å². The first-order valence-corrected chi connectivity index (χ1v) is 23.6. The Morgan fingerprint density at radius 1 is 0.547 bits per heavy atom. The van der Waals surface area contributed by atoms with Crippen LogP contribution in [0, 0.1) is 0 Å². The van der Waals surface area contributed by atoms with Crippen LogP contribution in [0.4, 0.5) is 11.4 Å². The molecule has 0 atom stereocenters. The fraction of sp³-hybridized carbons (Fsp3) is 0.186. The lowest BCUT2D eigenvalue weighted by Gasteiger charge is -2.27. The van der Waals surface area contributed by atoms with E-state index >= 15 is 0 Å². The summed E-state index contributed by atoms with van der Waals surface area (Å²) in [6, 6.07) is 53.0. The highest BCUT2D eigenvalue weighted by Crippen LogP contribution is 2.53. The first-order chi connectivity index (χ1) is 30.7. The SMILES string of the molecule is CC(C)(C)c1ccc(Nc2cc3c(cc2-c2ccc4c5cc6oc7ccccc7c6cc5n5c4c2Bc2cc4c(cc2-5)sc2ccccc24)-c2ccc(C(C)(C)C)cc2C3(C)C)cc1. The van der Waals surface area contributed by atoms with Crippen LogP contribution in [0.15, 0.2) is 144 Å². The van der Waals surface area contributed by atoms with E-state index in [1.54, 1.807) is 0 Å². The third kappa shape index (κ3) is 5.34. The van der Waals surface area contributed by atoms with Crippen LogP contribution in [0.25, 0.3) is 91.9 Å². The number of rotatable bonds is 3. The Hall–Kier alpha value is -6.56. The maximum Gasteiger partial charge on any atom is 0.198 e. The molecule has 13 rings (SSSR count). The van der Waals surface area contributed by atoms with Crippen LogP contribution in [0.2, 0.25) is 0 Å². The minimum Gasteiger partial charge on any atom is -0.456 e. The minimum absolute atomic E-state index is 0.0559. The molecule has 0 fully saturated rings. The van der Waals surface area contributed by atoms with Crippen molar-refractivity contribution in [2.45, 2.75) is 71.6 Å². The van der Waals surface area contributed by atoms with Gasteiger partial charge in [0, 0.05) is 69.9 Å². The summed E-state index contributed by atoms with van der Waals surface area (Å²) in [5, 5.41) is 11.5. The number of nitrogens with one attached hydrogen (secondary N) is 1. The molecule has 0 radical (unpaired) electrons. The molecule has 4 heterocycles. The summed E-state index contributed by atoms with van der Waals surface area (Å²) in [7, 11) is 0.825. The standard InChI is InChI=1S/C59H49BN2OS/c1-57(2,3)32-17-20-34(21-18-32)61-48-30-46-40(35-22-19-33(58(4,5)6)25-45(35)59(46,7)8)26-41(48)38-23-24-39-42-29-52-43(36-13-9-11-15-51(36)63-52)28-49(42)62-50-31-54-44(27-47(50)60-55(38)56(39)62)37-14-10-12-16-53(37)64-54/h9-31,60-61H,1-8H3. The number of thiophene rings is 1. The zero-order chi connectivity index (χ0) is 43.6. The number of nitrogens with zero attached hydrogens (tertiary/aromatic N) is 1. The van der Waals surface area contributed by atoms with E-state index in [1.165, 1.54) is 103 Å². The Kier molecular flexibility index (Phi) is 7.59. The predicted octanol–water partition coefficient (Wildman–Crippen LogP) is 15.1. The topological polar surface area (TPSA) is 30.1 Å². The van der Waals surface area contributed by atoms with E-state index in [4.69, 9.17) is 4.42 Å². The molecule has 0 spiro atoms. The molecular weight excluding hydrogens is 796 g/mol. The molecule has 0 bridgehead atoms. The molecule has 64 heavy (non-hydrogen) atoms. The predicted molar refractivity (Wildman–Crippen MR) is 277 cm³/mol.